The smallest absolute Gasteiger partial charge is 0.286 e. The number of nitrogens with zero attached hydrogens (tertiary/aromatic N) is 1. The fraction of sp³-hybridized carbons (Fsp3) is 0.118. The Morgan fingerprint density at radius 3 is 2.65 bits per heavy atom. The molecule has 3 N–H and O–H groups in total. The standard InChI is InChI=1S/C17H14ClN3O2/c18-15-12-3-1-2-4-14(12)19-16-13(15)9-21(20-17(16)23)10-5-7-11(22)8-6-10/h1-8,15,19,22H,9H2,(H,20,23). The minimum absolute atomic E-state index is 0.181. The molecule has 6 heteroatoms. The minimum Gasteiger partial charge on any atom is -0.508 e. The van der Waals surface area contributed by atoms with Crippen LogP contribution in [0.2, 0.25) is 0 Å². The number of nitrogens with one attached hydrogen (secondary N) is 2. The average molecular weight is 328 g/mol. The van der Waals surface area contributed by atoms with Gasteiger partial charge < -0.3 is 10.4 Å². The summed E-state index contributed by atoms with van der Waals surface area (Å²) < 4.78 is 0. The van der Waals surface area contributed by atoms with E-state index in [9.17, 15) is 9.90 Å². The summed E-state index contributed by atoms with van der Waals surface area (Å²) in [7, 11) is 0. The van der Waals surface area contributed by atoms with Gasteiger partial charge in [0.15, 0.2) is 0 Å². The van der Waals surface area contributed by atoms with Gasteiger partial charge in [-0.3, -0.25) is 15.2 Å². The number of rotatable bonds is 1. The van der Waals surface area contributed by atoms with Gasteiger partial charge >= 0.3 is 0 Å². The maximum Gasteiger partial charge on any atom is 0.286 e. The maximum atomic E-state index is 12.5. The number of carbonyl (C=O) groups is 1. The third-order valence-corrected chi connectivity index (χ3v) is 4.57. The lowest BCUT2D eigenvalue weighted by Crippen LogP contribution is -2.51. The number of para-hydroxylation sites is 1. The molecular weight excluding hydrogens is 314 g/mol. The van der Waals surface area contributed by atoms with Crippen LogP contribution in [0.1, 0.15) is 10.9 Å². The second kappa shape index (κ2) is 5.21. The van der Waals surface area contributed by atoms with Crippen molar-refractivity contribution in [2.24, 2.45) is 0 Å². The number of hydrogen-bond acceptors (Lipinski definition) is 4. The topological polar surface area (TPSA) is 64.6 Å². The molecule has 2 heterocycles. The van der Waals surface area contributed by atoms with Gasteiger partial charge in [-0.05, 0) is 35.9 Å². The fourth-order valence-electron chi connectivity index (χ4n) is 2.90. The second-order valence-electron chi connectivity index (χ2n) is 5.52. The summed E-state index contributed by atoms with van der Waals surface area (Å²) in [6.45, 7) is 0.474. The minimum atomic E-state index is -0.354. The predicted molar refractivity (Wildman–Crippen MR) is 89.3 cm³/mol. The van der Waals surface area contributed by atoms with Gasteiger partial charge in [0.25, 0.3) is 5.91 Å². The molecule has 116 valence electrons. The van der Waals surface area contributed by atoms with Crippen molar-refractivity contribution < 1.29 is 9.90 Å². The molecule has 1 unspecified atom stereocenters. The number of amides is 1. The maximum absolute atomic E-state index is 12.5. The first kappa shape index (κ1) is 14.0. The molecule has 1 atom stereocenters. The highest BCUT2D eigenvalue weighted by Gasteiger charge is 2.34. The van der Waals surface area contributed by atoms with E-state index in [0.717, 1.165) is 22.5 Å². The third kappa shape index (κ3) is 2.29. The van der Waals surface area contributed by atoms with Crippen LogP contribution >= 0.6 is 11.6 Å². The van der Waals surface area contributed by atoms with Crippen molar-refractivity contribution in [2.45, 2.75) is 5.38 Å². The van der Waals surface area contributed by atoms with Crippen molar-refractivity contribution in [3.8, 4) is 5.75 Å². The summed E-state index contributed by atoms with van der Waals surface area (Å²) in [6.07, 6.45) is 0. The summed E-state index contributed by atoms with van der Waals surface area (Å²) >= 11 is 6.62. The Bertz CT molecular complexity index is 817. The first-order chi connectivity index (χ1) is 11.1. The molecule has 0 fully saturated rings. The Kier molecular flexibility index (Phi) is 3.16. The highest BCUT2D eigenvalue weighted by molar-refractivity contribution is 6.24. The lowest BCUT2D eigenvalue weighted by atomic mass is 9.95. The molecule has 2 aromatic carbocycles. The van der Waals surface area contributed by atoms with Crippen molar-refractivity contribution in [1.29, 1.82) is 0 Å². The number of carbonyl (C=O) groups excluding carboxylic acids is 1. The number of benzene rings is 2. The van der Waals surface area contributed by atoms with Crippen LogP contribution in [-0.2, 0) is 4.79 Å². The van der Waals surface area contributed by atoms with E-state index in [1.165, 1.54) is 0 Å². The van der Waals surface area contributed by atoms with Crippen molar-refractivity contribution in [1.82, 2.24) is 5.43 Å². The van der Waals surface area contributed by atoms with Crippen LogP contribution < -0.4 is 15.8 Å². The van der Waals surface area contributed by atoms with Crippen LogP contribution in [0.15, 0.2) is 59.8 Å². The van der Waals surface area contributed by atoms with E-state index in [1.807, 2.05) is 24.3 Å². The van der Waals surface area contributed by atoms with Gasteiger partial charge in [-0.2, -0.15) is 0 Å². The van der Waals surface area contributed by atoms with Crippen molar-refractivity contribution in [3.63, 3.8) is 0 Å². The number of halogens is 1. The van der Waals surface area contributed by atoms with Gasteiger partial charge in [0, 0.05) is 11.3 Å². The Balaban J connectivity index is 1.70. The van der Waals surface area contributed by atoms with Crippen LogP contribution in [0.25, 0.3) is 0 Å². The van der Waals surface area contributed by atoms with E-state index in [2.05, 4.69) is 10.7 Å². The number of fused-ring (bicyclic) bond motifs is 1. The highest BCUT2D eigenvalue weighted by atomic mass is 35.5. The summed E-state index contributed by atoms with van der Waals surface area (Å²) in [5.41, 5.74) is 6.79. The monoisotopic (exact) mass is 327 g/mol. The van der Waals surface area contributed by atoms with Gasteiger partial charge in [0.05, 0.1) is 17.6 Å². The Hall–Kier alpha value is -2.66. The van der Waals surface area contributed by atoms with E-state index in [1.54, 1.807) is 29.3 Å². The predicted octanol–water partition coefficient (Wildman–Crippen LogP) is 2.90. The van der Waals surface area contributed by atoms with Crippen molar-refractivity contribution in [2.75, 3.05) is 16.9 Å². The SMILES string of the molecule is O=C1NN(c2ccc(O)cc2)CC2=C1Nc1ccccc1C2Cl. The van der Waals surface area contributed by atoms with Crippen LogP contribution in [0.5, 0.6) is 5.75 Å². The zero-order valence-corrected chi connectivity index (χ0v) is 12.8. The highest BCUT2D eigenvalue weighted by Crippen LogP contribution is 2.41. The van der Waals surface area contributed by atoms with Gasteiger partial charge in [0.1, 0.15) is 11.4 Å². The van der Waals surface area contributed by atoms with Gasteiger partial charge in [-0.15, -0.1) is 11.6 Å². The lowest BCUT2D eigenvalue weighted by molar-refractivity contribution is -0.117. The fourth-order valence-corrected chi connectivity index (χ4v) is 3.27. The van der Waals surface area contributed by atoms with Crippen molar-refractivity contribution >= 4 is 28.9 Å². The quantitative estimate of drug-likeness (QED) is 0.705. The molecule has 0 bridgehead atoms. The number of phenolic OH excluding ortho intramolecular Hbond substituents is 1. The zero-order valence-electron chi connectivity index (χ0n) is 12.1. The first-order valence-electron chi connectivity index (χ1n) is 7.24. The van der Waals surface area contributed by atoms with E-state index < -0.39 is 0 Å². The molecule has 5 nitrogen and oxygen atoms in total. The molecule has 0 saturated heterocycles. The number of alkyl halides is 1. The van der Waals surface area contributed by atoms with Gasteiger partial charge in [-0.25, -0.2) is 0 Å². The second-order valence-corrected chi connectivity index (χ2v) is 5.95. The largest absolute Gasteiger partial charge is 0.508 e. The molecular formula is C17H14ClN3O2. The van der Waals surface area contributed by atoms with E-state index in [-0.39, 0.29) is 17.0 Å². The van der Waals surface area contributed by atoms with Crippen LogP contribution in [0.3, 0.4) is 0 Å². The summed E-state index contributed by atoms with van der Waals surface area (Å²) in [4.78, 5) is 12.5. The van der Waals surface area contributed by atoms with E-state index in [4.69, 9.17) is 11.6 Å². The molecule has 0 radical (unpaired) electrons. The normalized spacial score (nSPS) is 19.6. The number of hydrazine groups is 1. The Morgan fingerprint density at radius 1 is 1.13 bits per heavy atom. The molecule has 2 aliphatic heterocycles. The third-order valence-electron chi connectivity index (χ3n) is 4.07. The van der Waals surface area contributed by atoms with Gasteiger partial charge in [-0.1, -0.05) is 18.2 Å². The summed E-state index contributed by atoms with van der Waals surface area (Å²) in [5.74, 6) is -0.0417. The molecule has 0 aromatic heterocycles. The molecule has 1 amide bonds. The molecule has 0 aliphatic carbocycles. The summed E-state index contributed by atoms with van der Waals surface area (Å²) in [5, 5.41) is 14.0. The molecule has 23 heavy (non-hydrogen) atoms. The van der Waals surface area contributed by atoms with Crippen LogP contribution in [0, 0.1) is 0 Å². The number of anilines is 2. The summed E-state index contributed by atoms with van der Waals surface area (Å²) in [6, 6.07) is 14.4. The Morgan fingerprint density at radius 2 is 1.87 bits per heavy atom. The molecule has 2 aromatic rings. The average Bonchev–Trinajstić information content (AvgIpc) is 2.57. The molecule has 0 spiro atoms. The van der Waals surface area contributed by atoms with Gasteiger partial charge in [0.2, 0.25) is 0 Å². The number of hydrogen-bond donors (Lipinski definition) is 3. The van der Waals surface area contributed by atoms with E-state index in [0.29, 0.717) is 12.2 Å². The zero-order chi connectivity index (χ0) is 16.0. The molecule has 0 saturated carbocycles. The first-order valence-corrected chi connectivity index (χ1v) is 7.68. The van der Waals surface area contributed by atoms with Crippen LogP contribution in [0.4, 0.5) is 11.4 Å². The number of aromatic hydroxyl groups is 1. The lowest BCUT2D eigenvalue weighted by Gasteiger charge is -2.37. The Labute approximate surface area is 138 Å². The van der Waals surface area contributed by atoms with Crippen LogP contribution in [-0.4, -0.2) is 17.6 Å². The van der Waals surface area contributed by atoms with E-state index >= 15 is 0 Å². The molecule has 2 aliphatic rings. The molecule has 4 rings (SSSR count). The van der Waals surface area contributed by atoms with Crippen molar-refractivity contribution in [3.05, 3.63) is 65.4 Å². The number of phenols is 1.